The highest BCUT2D eigenvalue weighted by Gasteiger charge is 2.10. The van der Waals surface area contributed by atoms with Crippen molar-refractivity contribution < 1.29 is 8.42 Å². The van der Waals surface area contributed by atoms with Gasteiger partial charge >= 0.3 is 0 Å². The molecule has 0 fully saturated rings. The van der Waals surface area contributed by atoms with Crippen LogP contribution in [0.2, 0.25) is 0 Å². The number of hydrogen-bond donors (Lipinski definition) is 0. The van der Waals surface area contributed by atoms with Crippen molar-refractivity contribution in [3.8, 4) is 0 Å². The van der Waals surface area contributed by atoms with Gasteiger partial charge in [0.25, 0.3) is 0 Å². The Morgan fingerprint density at radius 1 is 1.31 bits per heavy atom. The molecule has 0 spiro atoms. The van der Waals surface area contributed by atoms with Crippen molar-refractivity contribution in [3.63, 3.8) is 0 Å². The first kappa shape index (κ1) is 11.5. The molecule has 1 heterocycles. The maximum atomic E-state index is 11.2. The van der Waals surface area contributed by atoms with Crippen LogP contribution in [-0.2, 0) is 15.6 Å². The molecule has 84 valence electrons. The Hall–Kier alpha value is -0.940. The predicted octanol–water partition coefficient (Wildman–Crippen LogP) is 2.54. The Balaban J connectivity index is 2.58. The smallest absolute Gasteiger partial charge is 0.151 e. The molecular weight excluding hydrogens is 290 g/mol. The van der Waals surface area contributed by atoms with Crippen molar-refractivity contribution >= 4 is 36.7 Å². The molecule has 0 aliphatic carbocycles. The third-order valence-corrected chi connectivity index (χ3v) is 3.69. The van der Waals surface area contributed by atoms with Crippen LogP contribution in [0.3, 0.4) is 0 Å². The molecule has 3 nitrogen and oxygen atoms in total. The molecule has 0 saturated carbocycles. The minimum atomic E-state index is -3.04. The molecule has 0 N–H and O–H groups in total. The van der Waals surface area contributed by atoms with Gasteiger partial charge in [0.05, 0.1) is 11.3 Å². The van der Waals surface area contributed by atoms with Gasteiger partial charge in [-0.15, -0.1) is 0 Å². The summed E-state index contributed by atoms with van der Waals surface area (Å²) in [6.45, 7) is 0. The van der Waals surface area contributed by atoms with Crippen LogP contribution in [0.15, 0.2) is 34.9 Å². The molecule has 0 unspecified atom stereocenters. The van der Waals surface area contributed by atoms with Crippen LogP contribution >= 0.6 is 15.9 Å². The first-order chi connectivity index (χ1) is 7.46. The van der Waals surface area contributed by atoms with Crippen molar-refractivity contribution in [1.82, 2.24) is 4.98 Å². The van der Waals surface area contributed by atoms with Gasteiger partial charge in [0.15, 0.2) is 9.84 Å². The summed E-state index contributed by atoms with van der Waals surface area (Å²) in [6, 6.07) is 9.47. The highest BCUT2D eigenvalue weighted by molar-refractivity contribution is 9.10. The van der Waals surface area contributed by atoms with Gasteiger partial charge in [0, 0.05) is 17.2 Å². The molecule has 16 heavy (non-hydrogen) atoms. The van der Waals surface area contributed by atoms with Crippen LogP contribution in [0, 0.1) is 0 Å². The number of nitrogens with zero attached hydrogens (tertiary/aromatic N) is 1. The number of benzene rings is 1. The Morgan fingerprint density at radius 2 is 2.00 bits per heavy atom. The molecule has 0 amide bonds. The number of aromatic nitrogens is 1. The van der Waals surface area contributed by atoms with Gasteiger partial charge < -0.3 is 0 Å². The second-order valence-corrected chi connectivity index (χ2v) is 6.59. The third kappa shape index (κ3) is 2.59. The average molecular weight is 300 g/mol. The fourth-order valence-electron chi connectivity index (χ4n) is 1.52. The molecule has 0 saturated heterocycles. The van der Waals surface area contributed by atoms with Gasteiger partial charge in [0.2, 0.25) is 0 Å². The fourth-order valence-corrected chi connectivity index (χ4v) is 2.94. The Labute approximate surface area is 103 Å². The molecule has 1 aromatic heterocycles. The first-order valence-electron chi connectivity index (χ1n) is 4.67. The van der Waals surface area contributed by atoms with Crippen LogP contribution in [0.5, 0.6) is 0 Å². The lowest BCUT2D eigenvalue weighted by molar-refractivity contribution is 0.601. The molecule has 0 radical (unpaired) electrons. The molecular formula is C11H10BrNO2S. The van der Waals surface area contributed by atoms with Gasteiger partial charge in [-0.1, -0.05) is 18.2 Å². The fraction of sp³-hybridized carbons (Fsp3) is 0.182. The van der Waals surface area contributed by atoms with E-state index in [1.165, 1.54) is 6.26 Å². The van der Waals surface area contributed by atoms with Gasteiger partial charge in [-0.05, 0) is 28.1 Å². The quantitative estimate of drug-likeness (QED) is 0.801. The summed E-state index contributed by atoms with van der Waals surface area (Å²) in [5.74, 6) is 0.00537. The predicted molar refractivity (Wildman–Crippen MR) is 68.0 cm³/mol. The molecule has 0 aliphatic rings. The summed E-state index contributed by atoms with van der Waals surface area (Å²) < 4.78 is 23.1. The lowest BCUT2D eigenvalue weighted by Crippen LogP contribution is -2.02. The summed E-state index contributed by atoms with van der Waals surface area (Å²) in [5, 5.41) is 0.948. The van der Waals surface area contributed by atoms with Gasteiger partial charge in [-0.3, -0.25) is 0 Å². The molecule has 2 aromatic rings. The molecule has 0 aliphatic heterocycles. The number of hydrogen-bond acceptors (Lipinski definition) is 3. The minimum Gasteiger partial charge on any atom is -0.241 e. The second-order valence-electron chi connectivity index (χ2n) is 3.70. The van der Waals surface area contributed by atoms with Crippen molar-refractivity contribution in [2.75, 3.05) is 6.26 Å². The van der Waals surface area contributed by atoms with Gasteiger partial charge in [-0.2, -0.15) is 0 Å². The van der Waals surface area contributed by atoms with Crippen LogP contribution in [0.4, 0.5) is 0 Å². The summed E-state index contributed by atoms with van der Waals surface area (Å²) >= 11 is 3.29. The molecule has 0 atom stereocenters. The summed E-state index contributed by atoms with van der Waals surface area (Å²) in [7, 11) is -3.04. The standard InChI is InChI=1S/C11H10BrNO2S/c1-16(14,15)7-9-6-8-4-2-3-5-10(8)13-11(9)12/h2-6H,7H2,1H3. The SMILES string of the molecule is CS(=O)(=O)Cc1cc2ccccc2nc1Br. The minimum absolute atomic E-state index is 0.00537. The van der Waals surface area contributed by atoms with Gasteiger partial charge in [-0.25, -0.2) is 13.4 Å². The first-order valence-corrected chi connectivity index (χ1v) is 7.53. The van der Waals surface area contributed by atoms with Crippen molar-refractivity contribution in [3.05, 3.63) is 40.5 Å². The zero-order valence-corrected chi connectivity index (χ0v) is 11.0. The normalized spacial score (nSPS) is 11.9. The van der Waals surface area contributed by atoms with E-state index in [9.17, 15) is 8.42 Å². The summed E-state index contributed by atoms with van der Waals surface area (Å²) in [6.07, 6.45) is 1.22. The summed E-state index contributed by atoms with van der Waals surface area (Å²) in [5.41, 5.74) is 1.55. The molecule has 0 bridgehead atoms. The summed E-state index contributed by atoms with van der Waals surface area (Å²) in [4.78, 5) is 4.31. The van der Waals surface area contributed by atoms with Crippen LogP contribution in [-0.4, -0.2) is 19.7 Å². The number of halogens is 1. The zero-order valence-electron chi connectivity index (χ0n) is 8.64. The van der Waals surface area contributed by atoms with Gasteiger partial charge in [0.1, 0.15) is 4.60 Å². The van der Waals surface area contributed by atoms with Crippen LogP contribution < -0.4 is 0 Å². The molecule has 2 rings (SSSR count). The Bertz CT molecular complexity index is 637. The van der Waals surface area contributed by atoms with E-state index in [0.717, 1.165) is 10.9 Å². The van der Waals surface area contributed by atoms with E-state index in [1.54, 1.807) is 0 Å². The number of sulfone groups is 1. The highest BCUT2D eigenvalue weighted by atomic mass is 79.9. The van der Waals surface area contributed by atoms with E-state index in [0.29, 0.717) is 10.2 Å². The van der Waals surface area contributed by atoms with E-state index in [2.05, 4.69) is 20.9 Å². The van der Waals surface area contributed by atoms with Crippen LogP contribution in [0.1, 0.15) is 5.56 Å². The number of pyridine rings is 1. The number of fused-ring (bicyclic) bond motifs is 1. The van der Waals surface area contributed by atoms with Crippen LogP contribution in [0.25, 0.3) is 10.9 Å². The lowest BCUT2D eigenvalue weighted by Gasteiger charge is -2.04. The zero-order chi connectivity index (χ0) is 11.8. The Morgan fingerprint density at radius 3 is 2.69 bits per heavy atom. The second kappa shape index (κ2) is 4.14. The maximum absolute atomic E-state index is 11.2. The Kier molecular flexibility index (Phi) is 2.99. The van der Waals surface area contributed by atoms with E-state index < -0.39 is 9.84 Å². The number of para-hydroxylation sites is 1. The number of rotatable bonds is 2. The topological polar surface area (TPSA) is 47.0 Å². The van der Waals surface area contributed by atoms with Crippen molar-refractivity contribution in [1.29, 1.82) is 0 Å². The van der Waals surface area contributed by atoms with Crippen molar-refractivity contribution in [2.45, 2.75) is 5.75 Å². The lowest BCUT2D eigenvalue weighted by atomic mass is 10.2. The van der Waals surface area contributed by atoms with E-state index in [-0.39, 0.29) is 5.75 Å². The highest BCUT2D eigenvalue weighted by Crippen LogP contribution is 2.22. The average Bonchev–Trinajstić information content (AvgIpc) is 2.17. The molecule has 1 aromatic carbocycles. The van der Waals surface area contributed by atoms with E-state index >= 15 is 0 Å². The third-order valence-electron chi connectivity index (χ3n) is 2.17. The van der Waals surface area contributed by atoms with E-state index in [4.69, 9.17) is 0 Å². The largest absolute Gasteiger partial charge is 0.241 e. The monoisotopic (exact) mass is 299 g/mol. The van der Waals surface area contributed by atoms with E-state index in [1.807, 2.05) is 30.3 Å². The maximum Gasteiger partial charge on any atom is 0.151 e. The molecule has 5 heteroatoms. The van der Waals surface area contributed by atoms with Crippen molar-refractivity contribution in [2.24, 2.45) is 0 Å².